The van der Waals surface area contributed by atoms with Gasteiger partial charge in [0, 0.05) is 30.1 Å². The molecule has 4 aromatic rings. The molecule has 3 heterocycles. The van der Waals surface area contributed by atoms with Crippen LogP contribution in [0, 0.1) is 0 Å². The predicted octanol–water partition coefficient (Wildman–Crippen LogP) is 4.43. The lowest BCUT2D eigenvalue weighted by molar-refractivity contribution is 0.380. The lowest BCUT2D eigenvalue weighted by atomic mass is 10.2. The second kappa shape index (κ2) is 8.18. The molecular formula is C20H18N6OS. The van der Waals surface area contributed by atoms with Crippen molar-refractivity contribution in [3.05, 3.63) is 73.4 Å². The summed E-state index contributed by atoms with van der Waals surface area (Å²) < 4.78 is 7.49. The fourth-order valence-corrected chi connectivity index (χ4v) is 3.59. The van der Waals surface area contributed by atoms with Gasteiger partial charge in [0.1, 0.15) is 0 Å². The zero-order chi connectivity index (χ0) is 19.3. The first kappa shape index (κ1) is 18.1. The van der Waals surface area contributed by atoms with Gasteiger partial charge in [-0.3, -0.25) is 9.55 Å². The molecule has 1 unspecified atom stereocenters. The number of thioether (sulfide) groups is 1. The molecule has 0 spiro atoms. The highest BCUT2D eigenvalue weighted by Crippen LogP contribution is 2.35. The van der Waals surface area contributed by atoms with Crippen LogP contribution in [0.3, 0.4) is 0 Å². The summed E-state index contributed by atoms with van der Waals surface area (Å²) in [4.78, 5) is 8.59. The van der Waals surface area contributed by atoms with Gasteiger partial charge in [0.2, 0.25) is 11.7 Å². The van der Waals surface area contributed by atoms with Gasteiger partial charge >= 0.3 is 0 Å². The Hall–Kier alpha value is -3.26. The van der Waals surface area contributed by atoms with Crippen LogP contribution in [0.25, 0.3) is 22.8 Å². The Bertz CT molecular complexity index is 1060. The van der Waals surface area contributed by atoms with Crippen molar-refractivity contribution < 1.29 is 4.52 Å². The lowest BCUT2D eigenvalue weighted by Crippen LogP contribution is -2.02. The summed E-state index contributed by atoms with van der Waals surface area (Å²) in [5.74, 6) is 1.89. The topological polar surface area (TPSA) is 82.5 Å². The molecule has 0 fully saturated rings. The third-order valence-electron chi connectivity index (χ3n) is 4.07. The Morgan fingerprint density at radius 2 is 1.89 bits per heavy atom. The maximum absolute atomic E-state index is 5.48. The first-order valence-corrected chi connectivity index (χ1v) is 9.64. The molecule has 3 aromatic heterocycles. The summed E-state index contributed by atoms with van der Waals surface area (Å²) in [5, 5.41) is 13.5. The van der Waals surface area contributed by atoms with Crippen molar-refractivity contribution in [2.75, 3.05) is 0 Å². The average Bonchev–Trinajstić information content (AvgIpc) is 3.38. The summed E-state index contributed by atoms with van der Waals surface area (Å²) >= 11 is 1.52. The van der Waals surface area contributed by atoms with Crippen LogP contribution in [0.1, 0.15) is 18.1 Å². The maximum atomic E-state index is 5.48. The Balaban J connectivity index is 1.58. The average molecular weight is 390 g/mol. The number of nitrogens with zero attached hydrogens (tertiary/aromatic N) is 6. The van der Waals surface area contributed by atoms with Crippen LogP contribution < -0.4 is 0 Å². The molecule has 0 N–H and O–H groups in total. The van der Waals surface area contributed by atoms with Gasteiger partial charge in [0.15, 0.2) is 11.0 Å². The van der Waals surface area contributed by atoms with Crippen molar-refractivity contribution in [2.24, 2.45) is 0 Å². The van der Waals surface area contributed by atoms with E-state index in [-0.39, 0.29) is 5.25 Å². The Morgan fingerprint density at radius 3 is 2.64 bits per heavy atom. The standard InChI is InChI=1S/C20H18N6OS/c1-3-13-26-18(16-9-11-21-12-10-16)23-24-20(26)28-14(2)19-22-17(25-27-19)15-7-5-4-6-8-15/h3-12,14H,1,13H2,2H3. The largest absolute Gasteiger partial charge is 0.338 e. The van der Waals surface area contributed by atoms with Gasteiger partial charge in [0.05, 0.1) is 5.25 Å². The van der Waals surface area contributed by atoms with E-state index in [1.54, 1.807) is 12.4 Å². The quantitative estimate of drug-likeness (QED) is 0.341. The SMILES string of the molecule is C=CCn1c(SC(C)c2nc(-c3ccccc3)no2)nnc1-c1ccncc1. The zero-order valence-corrected chi connectivity index (χ0v) is 16.1. The van der Waals surface area contributed by atoms with Crippen LogP contribution in [-0.2, 0) is 6.54 Å². The smallest absolute Gasteiger partial charge is 0.240 e. The molecule has 140 valence electrons. The molecule has 0 bridgehead atoms. The third-order valence-corrected chi connectivity index (χ3v) is 5.14. The van der Waals surface area contributed by atoms with Crippen molar-refractivity contribution in [1.82, 2.24) is 29.9 Å². The molecule has 4 rings (SSSR count). The second-order valence-corrected chi connectivity index (χ2v) is 7.33. The Labute approximate surface area is 166 Å². The monoisotopic (exact) mass is 390 g/mol. The summed E-state index contributed by atoms with van der Waals surface area (Å²) in [6, 6.07) is 13.6. The van der Waals surface area contributed by atoms with E-state index >= 15 is 0 Å². The normalized spacial score (nSPS) is 12.0. The molecule has 0 saturated carbocycles. The number of benzene rings is 1. The third kappa shape index (κ3) is 3.72. The first-order chi connectivity index (χ1) is 13.8. The van der Waals surface area contributed by atoms with E-state index in [4.69, 9.17) is 4.52 Å². The van der Waals surface area contributed by atoms with Crippen LogP contribution in [-0.4, -0.2) is 29.9 Å². The van der Waals surface area contributed by atoms with E-state index in [1.165, 1.54) is 11.8 Å². The number of aromatic nitrogens is 6. The van der Waals surface area contributed by atoms with Crippen LogP contribution in [0.15, 0.2) is 77.2 Å². The van der Waals surface area contributed by atoms with E-state index < -0.39 is 0 Å². The summed E-state index contributed by atoms with van der Waals surface area (Å²) in [6.45, 7) is 6.45. The molecule has 1 aromatic carbocycles. The van der Waals surface area contributed by atoms with Gasteiger partial charge in [-0.25, -0.2) is 0 Å². The molecule has 0 radical (unpaired) electrons. The van der Waals surface area contributed by atoms with Crippen molar-refractivity contribution in [3.63, 3.8) is 0 Å². The number of allylic oxidation sites excluding steroid dienone is 1. The number of hydrogen-bond donors (Lipinski definition) is 0. The van der Waals surface area contributed by atoms with Gasteiger partial charge in [-0.1, -0.05) is 53.3 Å². The molecular weight excluding hydrogens is 372 g/mol. The van der Waals surface area contributed by atoms with E-state index in [0.29, 0.717) is 18.3 Å². The van der Waals surface area contributed by atoms with Crippen LogP contribution in [0.4, 0.5) is 0 Å². The minimum Gasteiger partial charge on any atom is -0.338 e. The van der Waals surface area contributed by atoms with Crippen molar-refractivity contribution in [1.29, 1.82) is 0 Å². The molecule has 0 saturated heterocycles. The van der Waals surface area contributed by atoms with Crippen molar-refractivity contribution in [3.8, 4) is 22.8 Å². The molecule has 0 aliphatic heterocycles. The number of rotatable bonds is 7. The highest BCUT2D eigenvalue weighted by Gasteiger charge is 2.21. The first-order valence-electron chi connectivity index (χ1n) is 8.76. The van der Waals surface area contributed by atoms with Gasteiger partial charge in [0.25, 0.3) is 0 Å². The second-order valence-electron chi connectivity index (χ2n) is 6.02. The minimum atomic E-state index is -0.0805. The van der Waals surface area contributed by atoms with Gasteiger partial charge in [-0.15, -0.1) is 16.8 Å². The predicted molar refractivity (Wildman–Crippen MR) is 107 cm³/mol. The molecule has 7 nitrogen and oxygen atoms in total. The maximum Gasteiger partial charge on any atom is 0.240 e. The van der Waals surface area contributed by atoms with Crippen LogP contribution >= 0.6 is 11.8 Å². The fraction of sp³-hybridized carbons (Fsp3) is 0.150. The molecule has 28 heavy (non-hydrogen) atoms. The zero-order valence-electron chi connectivity index (χ0n) is 15.3. The van der Waals surface area contributed by atoms with Crippen LogP contribution in [0.2, 0.25) is 0 Å². The van der Waals surface area contributed by atoms with Gasteiger partial charge in [-0.05, 0) is 19.1 Å². The van der Waals surface area contributed by atoms with Gasteiger partial charge in [-0.2, -0.15) is 4.98 Å². The van der Waals surface area contributed by atoms with Crippen molar-refractivity contribution in [2.45, 2.75) is 23.9 Å². The highest BCUT2D eigenvalue weighted by molar-refractivity contribution is 7.99. The van der Waals surface area contributed by atoms with Crippen molar-refractivity contribution >= 4 is 11.8 Å². The van der Waals surface area contributed by atoms with Gasteiger partial charge < -0.3 is 4.52 Å². The van der Waals surface area contributed by atoms with E-state index in [0.717, 1.165) is 22.1 Å². The molecule has 0 aliphatic rings. The van der Waals surface area contributed by atoms with E-state index in [9.17, 15) is 0 Å². The Kier molecular flexibility index (Phi) is 5.29. The Morgan fingerprint density at radius 1 is 1.11 bits per heavy atom. The fourth-order valence-electron chi connectivity index (χ4n) is 2.70. The summed E-state index contributed by atoms with van der Waals surface area (Å²) in [6.07, 6.45) is 5.30. The molecule has 0 amide bonds. The number of pyridine rings is 1. The molecule has 8 heteroatoms. The molecule has 1 atom stereocenters. The highest BCUT2D eigenvalue weighted by atomic mass is 32.2. The van der Waals surface area contributed by atoms with Crippen LogP contribution in [0.5, 0.6) is 0 Å². The van der Waals surface area contributed by atoms with E-state index in [1.807, 2.05) is 60.0 Å². The molecule has 0 aliphatic carbocycles. The minimum absolute atomic E-state index is 0.0805. The summed E-state index contributed by atoms with van der Waals surface area (Å²) in [5.41, 5.74) is 1.87. The summed E-state index contributed by atoms with van der Waals surface area (Å²) in [7, 11) is 0. The van der Waals surface area contributed by atoms with E-state index in [2.05, 4.69) is 31.9 Å². The number of hydrogen-bond acceptors (Lipinski definition) is 7. The lowest BCUT2D eigenvalue weighted by Gasteiger charge is -2.09.